The van der Waals surface area contributed by atoms with Crippen LogP contribution in [0.15, 0.2) is 30.5 Å². The van der Waals surface area contributed by atoms with Gasteiger partial charge in [0.05, 0.1) is 17.7 Å². The van der Waals surface area contributed by atoms with Gasteiger partial charge in [-0.15, -0.1) is 0 Å². The topological polar surface area (TPSA) is 74.2 Å². The zero-order valence-electron chi connectivity index (χ0n) is 10.9. The summed E-state index contributed by atoms with van der Waals surface area (Å²) in [6, 6.07) is 5.08. The number of amides is 2. The molecule has 1 heterocycles. The van der Waals surface area contributed by atoms with Crippen molar-refractivity contribution in [2.45, 2.75) is 6.42 Å². The van der Waals surface area contributed by atoms with Gasteiger partial charge in [0.1, 0.15) is 5.82 Å². The zero-order chi connectivity index (χ0) is 15.1. The normalized spacial score (nSPS) is 9.62. The second kappa shape index (κ2) is 7.38. The Balaban J connectivity index is 1.93. The summed E-state index contributed by atoms with van der Waals surface area (Å²) in [5.74, 6) is 5.16. The van der Waals surface area contributed by atoms with Gasteiger partial charge in [0.15, 0.2) is 5.13 Å². The molecule has 2 amide bonds. The second-order valence-electron chi connectivity index (χ2n) is 3.89. The lowest BCUT2D eigenvalue weighted by Gasteiger charge is -2.04. The maximum atomic E-state index is 13.0. The van der Waals surface area contributed by atoms with Gasteiger partial charge in [-0.2, -0.15) is 0 Å². The molecule has 2 rings (SSSR count). The molecule has 0 radical (unpaired) electrons. The van der Waals surface area contributed by atoms with E-state index in [0.717, 1.165) is 0 Å². The van der Waals surface area contributed by atoms with E-state index in [2.05, 4.69) is 27.5 Å². The predicted octanol–water partition coefficient (Wildman–Crippen LogP) is 2.66. The van der Waals surface area contributed by atoms with Gasteiger partial charge in [-0.1, -0.05) is 29.2 Å². The van der Waals surface area contributed by atoms with Crippen molar-refractivity contribution in [1.29, 1.82) is 0 Å². The van der Waals surface area contributed by atoms with Crippen molar-refractivity contribution in [3.63, 3.8) is 0 Å². The number of hydrogen-bond acceptors (Lipinski definition) is 4. The third kappa shape index (κ3) is 4.87. The van der Waals surface area contributed by atoms with E-state index in [9.17, 15) is 9.18 Å². The van der Waals surface area contributed by atoms with Gasteiger partial charge in [0.2, 0.25) is 0 Å². The maximum Gasteiger partial charge on any atom is 0.325 e. The number of anilines is 2. The first-order valence-corrected chi connectivity index (χ1v) is 6.88. The number of halogens is 1. The minimum absolute atomic E-state index is 0.00690. The lowest BCUT2D eigenvalue weighted by Crippen LogP contribution is -2.19. The summed E-state index contributed by atoms with van der Waals surface area (Å²) in [5, 5.41) is 14.0. The zero-order valence-corrected chi connectivity index (χ0v) is 11.7. The van der Waals surface area contributed by atoms with Crippen LogP contribution in [0.5, 0.6) is 0 Å². The number of nitrogens with zero attached hydrogens (tertiary/aromatic N) is 1. The molecule has 1 aromatic heterocycles. The van der Waals surface area contributed by atoms with Gasteiger partial charge >= 0.3 is 6.03 Å². The Morgan fingerprint density at radius 1 is 1.43 bits per heavy atom. The van der Waals surface area contributed by atoms with Gasteiger partial charge < -0.3 is 10.4 Å². The Labute approximate surface area is 124 Å². The van der Waals surface area contributed by atoms with E-state index in [-0.39, 0.29) is 6.61 Å². The molecule has 0 spiro atoms. The minimum Gasteiger partial charge on any atom is -0.395 e. The Morgan fingerprint density at radius 2 is 2.29 bits per heavy atom. The van der Waals surface area contributed by atoms with E-state index in [1.165, 1.54) is 35.7 Å². The molecule has 2 aromatic rings. The number of benzene rings is 1. The van der Waals surface area contributed by atoms with Crippen molar-refractivity contribution in [2.24, 2.45) is 0 Å². The fourth-order valence-corrected chi connectivity index (χ4v) is 2.11. The Hall–Kier alpha value is -2.43. The van der Waals surface area contributed by atoms with E-state index < -0.39 is 11.8 Å². The SMILES string of the molecule is O=C(Nc1cccc(F)c1)Nc1ncc(C#CCCO)s1. The molecule has 3 N–H and O–H groups in total. The monoisotopic (exact) mass is 305 g/mol. The lowest BCUT2D eigenvalue weighted by atomic mass is 10.3. The van der Waals surface area contributed by atoms with E-state index in [1.54, 1.807) is 6.07 Å². The van der Waals surface area contributed by atoms with Crippen molar-refractivity contribution in [3.8, 4) is 11.8 Å². The highest BCUT2D eigenvalue weighted by molar-refractivity contribution is 7.16. The lowest BCUT2D eigenvalue weighted by molar-refractivity contribution is 0.262. The molecule has 21 heavy (non-hydrogen) atoms. The van der Waals surface area contributed by atoms with Crippen LogP contribution in [-0.4, -0.2) is 22.7 Å². The summed E-state index contributed by atoms with van der Waals surface area (Å²) in [4.78, 5) is 16.4. The van der Waals surface area contributed by atoms with Crippen molar-refractivity contribution >= 4 is 28.2 Å². The number of aliphatic hydroxyl groups is 1. The maximum absolute atomic E-state index is 13.0. The summed E-state index contributed by atoms with van der Waals surface area (Å²) < 4.78 is 13.0. The number of hydrogen-bond donors (Lipinski definition) is 3. The average molecular weight is 305 g/mol. The van der Waals surface area contributed by atoms with E-state index in [0.29, 0.717) is 22.1 Å². The number of carbonyl (C=O) groups is 1. The largest absolute Gasteiger partial charge is 0.395 e. The minimum atomic E-state index is -0.509. The van der Waals surface area contributed by atoms with E-state index in [4.69, 9.17) is 5.11 Å². The van der Waals surface area contributed by atoms with Crippen LogP contribution in [0, 0.1) is 17.7 Å². The molecule has 0 aliphatic rings. The van der Waals surface area contributed by atoms with Gasteiger partial charge in [-0.3, -0.25) is 5.32 Å². The molecule has 1 aromatic carbocycles. The van der Waals surface area contributed by atoms with Crippen LogP contribution in [-0.2, 0) is 0 Å². The fraction of sp³-hybridized carbons (Fsp3) is 0.143. The van der Waals surface area contributed by atoms with Crippen LogP contribution >= 0.6 is 11.3 Å². The first-order valence-electron chi connectivity index (χ1n) is 6.06. The molecule has 0 saturated heterocycles. The Morgan fingerprint density at radius 3 is 3.05 bits per heavy atom. The number of urea groups is 1. The van der Waals surface area contributed by atoms with Crippen molar-refractivity contribution in [2.75, 3.05) is 17.2 Å². The van der Waals surface area contributed by atoms with Crippen LogP contribution in [0.4, 0.5) is 20.0 Å². The third-order valence-corrected chi connectivity index (χ3v) is 3.09. The second-order valence-corrected chi connectivity index (χ2v) is 4.93. The molecule has 0 saturated carbocycles. The van der Waals surface area contributed by atoms with Crippen LogP contribution < -0.4 is 10.6 Å². The number of aromatic nitrogens is 1. The van der Waals surface area contributed by atoms with Gasteiger partial charge in [0.25, 0.3) is 0 Å². The van der Waals surface area contributed by atoms with Crippen LogP contribution in [0.25, 0.3) is 0 Å². The summed E-state index contributed by atoms with van der Waals surface area (Å²) in [6.45, 7) is 0.00690. The molecule has 7 heteroatoms. The molecular formula is C14H12FN3O2S. The first kappa shape index (κ1) is 15.0. The molecule has 5 nitrogen and oxygen atoms in total. The van der Waals surface area contributed by atoms with E-state index in [1.807, 2.05) is 0 Å². The van der Waals surface area contributed by atoms with E-state index >= 15 is 0 Å². The smallest absolute Gasteiger partial charge is 0.325 e. The van der Waals surface area contributed by atoms with Gasteiger partial charge in [-0.05, 0) is 18.2 Å². The van der Waals surface area contributed by atoms with Crippen molar-refractivity contribution in [1.82, 2.24) is 4.98 Å². The quantitative estimate of drug-likeness (QED) is 0.763. The Bertz CT molecular complexity index is 691. The molecular weight excluding hydrogens is 293 g/mol. The fourth-order valence-electron chi connectivity index (χ4n) is 1.42. The number of thiazole rings is 1. The van der Waals surface area contributed by atoms with Crippen LogP contribution in [0.3, 0.4) is 0 Å². The average Bonchev–Trinajstić information content (AvgIpc) is 2.86. The molecule has 0 bridgehead atoms. The van der Waals surface area contributed by atoms with Crippen LogP contribution in [0.2, 0.25) is 0 Å². The first-order chi connectivity index (χ1) is 10.2. The molecule has 0 fully saturated rings. The molecule has 0 aliphatic heterocycles. The van der Waals surface area contributed by atoms with Gasteiger partial charge in [0, 0.05) is 12.1 Å². The third-order valence-electron chi connectivity index (χ3n) is 2.26. The number of aliphatic hydroxyl groups excluding tert-OH is 1. The standard InChI is InChI=1S/C14H12FN3O2S/c15-10-4-3-5-11(8-10)17-13(20)18-14-16-9-12(21-14)6-1-2-7-19/h3-5,8-9,19H,2,7H2,(H2,16,17,18,20). The highest BCUT2D eigenvalue weighted by Crippen LogP contribution is 2.17. The number of rotatable bonds is 3. The Kier molecular flexibility index (Phi) is 5.26. The van der Waals surface area contributed by atoms with Gasteiger partial charge in [-0.25, -0.2) is 14.2 Å². The summed E-state index contributed by atoms with van der Waals surface area (Å²) in [5.41, 5.74) is 0.354. The highest BCUT2D eigenvalue weighted by atomic mass is 32.1. The predicted molar refractivity (Wildman–Crippen MR) is 79.7 cm³/mol. The molecule has 0 aliphatic carbocycles. The summed E-state index contributed by atoms with van der Waals surface area (Å²) in [7, 11) is 0. The van der Waals surface area contributed by atoms with Crippen LogP contribution in [0.1, 0.15) is 11.3 Å². The highest BCUT2D eigenvalue weighted by Gasteiger charge is 2.06. The number of nitrogens with one attached hydrogen (secondary N) is 2. The van der Waals surface area contributed by atoms with Crippen molar-refractivity contribution in [3.05, 3.63) is 41.2 Å². The molecule has 0 atom stereocenters. The summed E-state index contributed by atoms with van der Waals surface area (Å²) >= 11 is 1.21. The summed E-state index contributed by atoms with van der Waals surface area (Å²) in [6.07, 6.45) is 1.92. The van der Waals surface area contributed by atoms with Crippen molar-refractivity contribution < 1.29 is 14.3 Å². The molecule has 0 unspecified atom stereocenters. The number of carbonyl (C=O) groups excluding carboxylic acids is 1. The molecule has 108 valence electrons.